The second-order valence-corrected chi connectivity index (χ2v) is 8.71. The number of anilines is 1. The zero-order chi connectivity index (χ0) is 20.2. The van der Waals surface area contributed by atoms with Crippen molar-refractivity contribution in [1.29, 1.82) is 0 Å². The van der Waals surface area contributed by atoms with Crippen LogP contribution in [0.15, 0.2) is 24.3 Å². The second-order valence-electron chi connectivity index (χ2n) is 8.71. The van der Waals surface area contributed by atoms with Crippen LogP contribution < -0.4 is 5.32 Å². The van der Waals surface area contributed by atoms with Crippen molar-refractivity contribution in [1.82, 2.24) is 9.80 Å². The molecule has 3 aliphatic rings. The second kappa shape index (κ2) is 8.97. The van der Waals surface area contributed by atoms with Gasteiger partial charge in [0.15, 0.2) is 0 Å². The van der Waals surface area contributed by atoms with Gasteiger partial charge in [-0.1, -0.05) is 31.7 Å². The standard InChI is InChI=1S/C23H31N3O3/c27-21(11-8-17-4-1-2-5-17)25-12-14-26(15-13-25)23(29)19-6-3-7-20(16-19)24-22(28)18-9-10-18/h3,6-7,16-18H,1-2,4-5,8-15H2,(H,24,28). The van der Waals surface area contributed by atoms with E-state index in [1.165, 1.54) is 25.7 Å². The van der Waals surface area contributed by atoms with E-state index in [0.29, 0.717) is 43.9 Å². The van der Waals surface area contributed by atoms with Crippen molar-refractivity contribution in [2.45, 2.75) is 51.4 Å². The fourth-order valence-corrected chi connectivity index (χ4v) is 4.45. The first-order valence-electron chi connectivity index (χ1n) is 11.1. The molecule has 3 amide bonds. The Morgan fingerprint density at radius 2 is 1.62 bits per heavy atom. The van der Waals surface area contributed by atoms with Crippen LogP contribution >= 0.6 is 0 Å². The van der Waals surface area contributed by atoms with Crippen LogP contribution in [0.3, 0.4) is 0 Å². The van der Waals surface area contributed by atoms with E-state index >= 15 is 0 Å². The number of carbonyl (C=O) groups is 3. The molecule has 0 aromatic heterocycles. The fourth-order valence-electron chi connectivity index (χ4n) is 4.45. The van der Waals surface area contributed by atoms with Gasteiger partial charge in [-0.25, -0.2) is 0 Å². The largest absolute Gasteiger partial charge is 0.339 e. The summed E-state index contributed by atoms with van der Waals surface area (Å²) in [6.07, 6.45) is 8.72. The van der Waals surface area contributed by atoms with Crippen molar-refractivity contribution in [3.63, 3.8) is 0 Å². The van der Waals surface area contributed by atoms with Gasteiger partial charge >= 0.3 is 0 Å². The Kier molecular flexibility index (Phi) is 6.16. The summed E-state index contributed by atoms with van der Waals surface area (Å²) in [7, 11) is 0. The average molecular weight is 398 g/mol. The van der Waals surface area contributed by atoms with Crippen LogP contribution in [0.2, 0.25) is 0 Å². The summed E-state index contributed by atoms with van der Waals surface area (Å²) >= 11 is 0. The molecule has 1 aliphatic heterocycles. The van der Waals surface area contributed by atoms with Gasteiger partial charge in [0.1, 0.15) is 0 Å². The van der Waals surface area contributed by atoms with Crippen LogP contribution in [0, 0.1) is 11.8 Å². The zero-order valence-electron chi connectivity index (χ0n) is 17.1. The maximum absolute atomic E-state index is 12.9. The molecule has 2 saturated carbocycles. The van der Waals surface area contributed by atoms with E-state index in [0.717, 1.165) is 25.2 Å². The molecule has 1 aromatic carbocycles. The zero-order valence-corrected chi connectivity index (χ0v) is 17.1. The smallest absolute Gasteiger partial charge is 0.254 e. The molecular weight excluding hydrogens is 366 g/mol. The lowest BCUT2D eigenvalue weighted by Crippen LogP contribution is -2.50. The SMILES string of the molecule is O=C(Nc1cccc(C(=O)N2CCN(C(=O)CCC3CCCC3)CC2)c1)C1CC1. The van der Waals surface area contributed by atoms with E-state index in [1.807, 2.05) is 15.9 Å². The molecule has 0 atom stereocenters. The number of rotatable bonds is 6. The van der Waals surface area contributed by atoms with E-state index in [-0.39, 0.29) is 23.6 Å². The maximum atomic E-state index is 12.9. The van der Waals surface area contributed by atoms with Gasteiger partial charge < -0.3 is 15.1 Å². The molecule has 156 valence electrons. The molecule has 0 unspecified atom stereocenters. The highest BCUT2D eigenvalue weighted by Gasteiger charge is 2.30. The Bertz CT molecular complexity index is 760. The van der Waals surface area contributed by atoms with Crippen molar-refractivity contribution in [3.05, 3.63) is 29.8 Å². The van der Waals surface area contributed by atoms with Gasteiger partial charge in [0.05, 0.1) is 0 Å². The summed E-state index contributed by atoms with van der Waals surface area (Å²) in [5, 5.41) is 2.90. The number of nitrogens with one attached hydrogen (secondary N) is 1. The molecule has 0 spiro atoms. The number of amides is 3. The molecule has 0 bridgehead atoms. The van der Waals surface area contributed by atoms with Crippen LogP contribution in [0.25, 0.3) is 0 Å². The molecule has 4 rings (SSSR count). The summed E-state index contributed by atoms with van der Waals surface area (Å²) in [4.78, 5) is 41.0. The minimum Gasteiger partial charge on any atom is -0.339 e. The van der Waals surface area contributed by atoms with Crippen LogP contribution in [-0.2, 0) is 9.59 Å². The number of nitrogens with zero attached hydrogens (tertiary/aromatic N) is 2. The van der Waals surface area contributed by atoms with Gasteiger partial charge in [-0.2, -0.15) is 0 Å². The summed E-state index contributed by atoms with van der Waals surface area (Å²) in [5.74, 6) is 1.10. The molecule has 0 radical (unpaired) electrons. The quantitative estimate of drug-likeness (QED) is 0.801. The third-order valence-electron chi connectivity index (χ3n) is 6.49. The molecule has 1 N–H and O–H groups in total. The van der Waals surface area contributed by atoms with Crippen LogP contribution in [0.4, 0.5) is 5.69 Å². The van der Waals surface area contributed by atoms with E-state index < -0.39 is 0 Å². The number of hydrogen-bond donors (Lipinski definition) is 1. The highest BCUT2D eigenvalue weighted by atomic mass is 16.2. The molecule has 6 heteroatoms. The monoisotopic (exact) mass is 397 g/mol. The molecule has 2 aliphatic carbocycles. The number of piperazine rings is 1. The molecule has 1 saturated heterocycles. The van der Waals surface area contributed by atoms with Gasteiger partial charge in [0.25, 0.3) is 5.91 Å². The molecule has 29 heavy (non-hydrogen) atoms. The summed E-state index contributed by atoms with van der Waals surface area (Å²) in [6, 6.07) is 7.16. The number of benzene rings is 1. The normalized spacial score (nSPS) is 20.0. The van der Waals surface area contributed by atoms with Crippen molar-refractivity contribution in [2.75, 3.05) is 31.5 Å². The fraction of sp³-hybridized carbons (Fsp3) is 0.609. The molecule has 1 heterocycles. The number of carbonyl (C=O) groups excluding carboxylic acids is 3. The summed E-state index contributed by atoms with van der Waals surface area (Å²) < 4.78 is 0. The van der Waals surface area contributed by atoms with E-state index in [4.69, 9.17) is 0 Å². The minimum atomic E-state index is -0.0365. The Labute approximate surface area is 172 Å². The average Bonchev–Trinajstić information content (AvgIpc) is 3.48. The third-order valence-corrected chi connectivity index (χ3v) is 6.49. The predicted octanol–water partition coefficient (Wildman–Crippen LogP) is 3.29. The number of hydrogen-bond acceptors (Lipinski definition) is 3. The lowest BCUT2D eigenvalue weighted by molar-refractivity contribution is -0.133. The van der Waals surface area contributed by atoms with Gasteiger partial charge in [0, 0.05) is 49.8 Å². The lowest BCUT2D eigenvalue weighted by atomic mass is 10.0. The minimum absolute atomic E-state index is 0.0365. The lowest BCUT2D eigenvalue weighted by Gasteiger charge is -2.35. The Morgan fingerprint density at radius 1 is 0.931 bits per heavy atom. The molecule has 6 nitrogen and oxygen atoms in total. The molecule has 1 aromatic rings. The summed E-state index contributed by atoms with van der Waals surface area (Å²) in [6.45, 7) is 2.33. The Hall–Kier alpha value is -2.37. The molecular formula is C23H31N3O3. The third kappa shape index (κ3) is 5.17. The van der Waals surface area contributed by atoms with Crippen LogP contribution in [-0.4, -0.2) is 53.7 Å². The van der Waals surface area contributed by atoms with E-state index in [9.17, 15) is 14.4 Å². The topological polar surface area (TPSA) is 69.7 Å². The first kappa shape index (κ1) is 19.9. The van der Waals surface area contributed by atoms with Gasteiger partial charge in [-0.3, -0.25) is 14.4 Å². The first-order valence-corrected chi connectivity index (χ1v) is 11.1. The van der Waals surface area contributed by atoms with Gasteiger partial charge in [0.2, 0.25) is 11.8 Å². The maximum Gasteiger partial charge on any atom is 0.254 e. The van der Waals surface area contributed by atoms with Crippen LogP contribution in [0.5, 0.6) is 0 Å². The molecule has 3 fully saturated rings. The first-order chi connectivity index (χ1) is 14.1. The van der Waals surface area contributed by atoms with E-state index in [2.05, 4.69) is 5.32 Å². The predicted molar refractivity (Wildman–Crippen MR) is 111 cm³/mol. The van der Waals surface area contributed by atoms with E-state index in [1.54, 1.807) is 18.2 Å². The summed E-state index contributed by atoms with van der Waals surface area (Å²) in [5.41, 5.74) is 1.26. The van der Waals surface area contributed by atoms with Crippen molar-refractivity contribution < 1.29 is 14.4 Å². The highest BCUT2D eigenvalue weighted by molar-refractivity contribution is 5.98. The van der Waals surface area contributed by atoms with Crippen molar-refractivity contribution in [2.24, 2.45) is 11.8 Å². The van der Waals surface area contributed by atoms with Crippen molar-refractivity contribution >= 4 is 23.4 Å². The van der Waals surface area contributed by atoms with Gasteiger partial charge in [-0.15, -0.1) is 0 Å². The van der Waals surface area contributed by atoms with Crippen molar-refractivity contribution in [3.8, 4) is 0 Å². The van der Waals surface area contributed by atoms with Crippen LogP contribution in [0.1, 0.15) is 61.7 Å². The Morgan fingerprint density at radius 3 is 2.31 bits per heavy atom. The van der Waals surface area contributed by atoms with Gasteiger partial charge in [-0.05, 0) is 43.4 Å². The Balaban J connectivity index is 1.26. The highest BCUT2D eigenvalue weighted by Crippen LogP contribution is 2.30.